The Morgan fingerprint density at radius 1 is 1.06 bits per heavy atom. The van der Waals surface area contributed by atoms with E-state index < -0.39 is 24.5 Å². The van der Waals surface area contributed by atoms with Gasteiger partial charge in [0.05, 0.1) is 32.3 Å². The molecule has 0 saturated heterocycles. The molecule has 0 aliphatic carbocycles. The van der Waals surface area contributed by atoms with Gasteiger partial charge in [-0.15, -0.1) is 11.3 Å². The van der Waals surface area contributed by atoms with Gasteiger partial charge in [-0.2, -0.15) is 0 Å². The van der Waals surface area contributed by atoms with Crippen molar-refractivity contribution >= 4 is 34.2 Å². The van der Waals surface area contributed by atoms with Crippen molar-refractivity contribution in [2.75, 3.05) is 32.2 Å². The smallest absolute Gasteiger partial charge is 0.341 e. The number of benzene rings is 1. The molecule has 0 bridgehead atoms. The molecule has 0 saturated carbocycles. The molecule has 1 amide bonds. The molecule has 0 aliphatic rings. The summed E-state index contributed by atoms with van der Waals surface area (Å²) >= 11 is 1.29. The average molecular weight is 450 g/mol. The van der Waals surface area contributed by atoms with Crippen LogP contribution in [0, 0.1) is 6.92 Å². The zero-order chi connectivity index (χ0) is 22.8. The molecule has 1 aromatic heterocycles. The Morgan fingerprint density at radius 3 is 2.42 bits per heavy atom. The summed E-state index contributed by atoms with van der Waals surface area (Å²) in [6.07, 6.45) is 0.602. The van der Waals surface area contributed by atoms with Crippen LogP contribution in [0.5, 0.6) is 11.5 Å². The number of aryl methyl sites for hydroxylation is 1. The SMILES string of the molecule is CCOC(=O)c1c(NC(=O)COC(=O)CCOc2ccccc2OC)sc(C)c1CC. The Bertz CT molecular complexity index is 923. The molecule has 0 unspecified atom stereocenters. The van der Waals surface area contributed by atoms with Crippen molar-refractivity contribution in [1.29, 1.82) is 0 Å². The molecule has 1 aromatic carbocycles. The highest BCUT2D eigenvalue weighted by Crippen LogP contribution is 2.34. The van der Waals surface area contributed by atoms with Crippen molar-refractivity contribution in [3.8, 4) is 11.5 Å². The third-order valence-corrected chi connectivity index (χ3v) is 5.36. The Hall–Kier alpha value is -3.07. The number of ether oxygens (including phenoxy) is 4. The Morgan fingerprint density at radius 2 is 1.77 bits per heavy atom. The number of nitrogens with one attached hydrogen (secondary N) is 1. The van der Waals surface area contributed by atoms with Crippen molar-refractivity contribution in [2.24, 2.45) is 0 Å². The molecule has 0 fully saturated rings. The lowest BCUT2D eigenvalue weighted by molar-refractivity contribution is -0.147. The lowest BCUT2D eigenvalue weighted by atomic mass is 10.1. The third kappa shape index (κ3) is 6.71. The van der Waals surface area contributed by atoms with Crippen molar-refractivity contribution in [3.63, 3.8) is 0 Å². The number of amides is 1. The van der Waals surface area contributed by atoms with E-state index in [4.69, 9.17) is 18.9 Å². The standard InChI is InChI=1S/C22H27NO7S/c1-5-15-14(3)31-21(20(15)22(26)28-6-2)23-18(24)13-30-19(25)11-12-29-17-10-8-7-9-16(17)27-4/h7-10H,5-6,11-13H2,1-4H3,(H,23,24). The van der Waals surface area contributed by atoms with Crippen LogP contribution in [-0.4, -0.2) is 44.8 Å². The molecule has 1 N–H and O–H groups in total. The van der Waals surface area contributed by atoms with Crippen LogP contribution in [0.25, 0.3) is 0 Å². The molecule has 0 radical (unpaired) electrons. The summed E-state index contributed by atoms with van der Waals surface area (Å²) < 4.78 is 20.8. The second-order valence-electron chi connectivity index (χ2n) is 6.37. The average Bonchev–Trinajstić information content (AvgIpc) is 3.07. The van der Waals surface area contributed by atoms with Crippen LogP contribution < -0.4 is 14.8 Å². The summed E-state index contributed by atoms with van der Waals surface area (Å²) in [6.45, 7) is 5.38. The maximum atomic E-state index is 12.3. The van der Waals surface area contributed by atoms with Crippen LogP contribution in [0.3, 0.4) is 0 Å². The van der Waals surface area contributed by atoms with Crippen LogP contribution in [0.4, 0.5) is 5.00 Å². The molecule has 0 aliphatic heterocycles. The van der Waals surface area contributed by atoms with Crippen LogP contribution >= 0.6 is 11.3 Å². The first-order valence-electron chi connectivity index (χ1n) is 9.91. The monoisotopic (exact) mass is 449 g/mol. The van der Waals surface area contributed by atoms with E-state index in [1.807, 2.05) is 19.9 Å². The number of thiophene rings is 1. The van der Waals surface area contributed by atoms with Crippen molar-refractivity contribution in [1.82, 2.24) is 0 Å². The lowest BCUT2D eigenvalue weighted by Crippen LogP contribution is -2.22. The van der Waals surface area contributed by atoms with Gasteiger partial charge in [0.1, 0.15) is 5.00 Å². The topological polar surface area (TPSA) is 100 Å². The Balaban J connectivity index is 1.86. The summed E-state index contributed by atoms with van der Waals surface area (Å²) in [5, 5.41) is 3.05. The molecule has 168 valence electrons. The van der Waals surface area contributed by atoms with Gasteiger partial charge in [-0.3, -0.25) is 9.59 Å². The first-order chi connectivity index (χ1) is 14.9. The van der Waals surface area contributed by atoms with E-state index in [2.05, 4.69) is 5.32 Å². The van der Waals surface area contributed by atoms with Crippen molar-refractivity contribution in [2.45, 2.75) is 33.6 Å². The van der Waals surface area contributed by atoms with E-state index in [-0.39, 0.29) is 19.6 Å². The van der Waals surface area contributed by atoms with E-state index in [0.717, 1.165) is 10.4 Å². The Kier molecular flexibility index (Phi) is 9.33. The second-order valence-corrected chi connectivity index (χ2v) is 7.60. The first-order valence-corrected chi connectivity index (χ1v) is 10.7. The minimum absolute atomic E-state index is 0.0303. The molecule has 31 heavy (non-hydrogen) atoms. The summed E-state index contributed by atoms with van der Waals surface area (Å²) in [7, 11) is 1.53. The second kappa shape index (κ2) is 11.9. The van der Waals surface area contributed by atoms with Crippen LogP contribution in [-0.2, 0) is 25.5 Å². The third-order valence-electron chi connectivity index (χ3n) is 4.29. The fourth-order valence-corrected chi connectivity index (χ4v) is 4.02. The van der Waals surface area contributed by atoms with Crippen molar-refractivity contribution in [3.05, 3.63) is 40.3 Å². The predicted molar refractivity (Wildman–Crippen MR) is 117 cm³/mol. The van der Waals surface area contributed by atoms with Gasteiger partial charge in [0.15, 0.2) is 18.1 Å². The van der Waals surface area contributed by atoms with Gasteiger partial charge in [0, 0.05) is 4.88 Å². The van der Waals surface area contributed by atoms with E-state index in [0.29, 0.717) is 28.5 Å². The van der Waals surface area contributed by atoms with Gasteiger partial charge in [-0.25, -0.2) is 4.79 Å². The number of anilines is 1. The van der Waals surface area contributed by atoms with Crippen LogP contribution in [0.2, 0.25) is 0 Å². The van der Waals surface area contributed by atoms with E-state index >= 15 is 0 Å². The van der Waals surface area contributed by atoms with E-state index in [1.165, 1.54) is 18.4 Å². The number of rotatable bonds is 11. The van der Waals surface area contributed by atoms with E-state index in [1.54, 1.807) is 25.1 Å². The predicted octanol–water partition coefficient (Wildman–Crippen LogP) is 3.76. The summed E-state index contributed by atoms with van der Waals surface area (Å²) in [5.74, 6) is -0.516. The number of carbonyl (C=O) groups excluding carboxylic acids is 3. The number of carbonyl (C=O) groups is 3. The van der Waals surface area contributed by atoms with Crippen molar-refractivity contribution < 1.29 is 33.3 Å². The van der Waals surface area contributed by atoms with Gasteiger partial charge in [-0.1, -0.05) is 19.1 Å². The Labute approximate surface area is 185 Å². The number of hydrogen-bond donors (Lipinski definition) is 1. The van der Waals surface area contributed by atoms with Gasteiger partial charge < -0.3 is 24.3 Å². The zero-order valence-electron chi connectivity index (χ0n) is 18.1. The maximum Gasteiger partial charge on any atom is 0.341 e. The highest BCUT2D eigenvalue weighted by molar-refractivity contribution is 7.16. The highest BCUT2D eigenvalue weighted by atomic mass is 32.1. The molecular weight excluding hydrogens is 422 g/mol. The summed E-state index contributed by atoms with van der Waals surface area (Å²) in [4.78, 5) is 37.4. The minimum Gasteiger partial charge on any atom is -0.493 e. The number of methoxy groups -OCH3 is 1. The quantitative estimate of drug-likeness (QED) is 0.522. The number of para-hydroxylation sites is 2. The minimum atomic E-state index is -0.577. The van der Waals surface area contributed by atoms with Gasteiger partial charge in [0.25, 0.3) is 5.91 Å². The highest BCUT2D eigenvalue weighted by Gasteiger charge is 2.23. The molecular formula is C22H27NO7S. The fourth-order valence-electron chi connectivity index (χ4n) is 2.87. The summed E-state index contributed by atoms with van der Waals surface area (Å²) in [6, 6.07) is 7.08. The van der Waals surface area contributed by atoms with E-state index in [9.17, 15) is 14.4 Å². The number of hydrogen-bond acceptors (Lipinski definition) is 8. The molecule has 9 heteroatoms. The van der Waals surface area contributed by atoms with Crippen LogP contribution in [0.15, 0.2) is 24.3 Å². The molecule has 2 aromatic rings. The largest absolute Gasteiger partial charge is 0.493 e. The molecule has 1 heterocycles. The normalized spacial score (nSPS) is 10.3. The molecule has 0 spiro atoms. The van der Waals surface area contributed by atoms with Gasteiger partial charge in [-0.05, 0) is 38.0 Å². The number of esters is 2. The van der Waals surface area contributed by atoms with Gasteiger partial charge in [0.2, 0.25) is 0 Å². The molecule has 0 atom stereocenters. The first kappa shape index (κ1) is 24.2. The zero-order valence-corrected chi connectivity index (χ0v) is 18.9. The van der Waals surface area contributed by atoms with Gasteiger partial charge >= 0.3 is 11.9 Å². The molecule has 2 rings (SSSR count). The lowest BCUT2D eigenvalue weighted by Gasteiger charge is -2.10. The van der Waals surface area contributed by atoms with Crippen LogP contribution in [0.1, 0.15) is 41.1 Å². The molecule has 8 nitrogen and oxygen atoms in total. The fraction of sp³-hybridized carbons (Fsp3) is 0.409. The summed E-state index contributed by atoms with van der Waals surface area (Å²) in [5.41, 5.74) is 1.20. The maximum absolute atomic E-state index is 12.3.